The molecule has 7 heteroatoms. The van der Waals surface area contributed by atoms with Crippen molar-refractivity contribution in [3.05, 3.63) is 39.8 Å². The van der Waals surface area contributed by atoms with E-state index in [2.05, 4.69) is 10.3 Å². The maximum absolute atomic E-state index is 13.5. The van der Waals surface area contributed by atoms with Gasteiger partial charge < -0.3 is 10.4 Å². The Morgan fingerprint density at radius 3 is 2.67 bits per heavy atom. The molecule has 0 saturated heterocycles. The highest BCUT2D eigenvalue weighted by molar-refractivity contribution is 6.31. The summed E-state index contributed by atoms with van der Waals surface area (Å²) in [6, 6.07) is 5.41. The van der Waals surface area contributed by atoms with E-state index in [1.165, 1.54) is 19.3 Å². The first-order chi connectivity index (χ1) is 14.4. The maximum atomic E-state index is 13.5. The number of pyridine rings is 1. The predicted octanol–water partition coefficient (Wildman–Crippen LogP) is 4.68. The number of hydrogen-bond donors (Lipinski definition) is 2. The van der Waals surface area contributed by atoms with Crippen molar-refractivity contribution in [3.8, 4) is 0 Å². The van der Waals surface area contributed by atoms with Gasteiger partial charge in [-0.15, -0.1) is 0 Å². The van der Waals surface area contributed by atoms with Gasteiger partial charge in [-0.1, -0.05) is 24.1 Å². The molecule has 0 bridgehead atoms. The molecule has 0 atom stereocenters. The Labute approximate surface area is 180 Å². The highest BCUT2D eigenvalue weighted by Crippen LogP contribution is 2.36. The lowest BCUT2D eigenvalue weighted by atomic mass is 9.83. The molecule has 0 radical (unpaired) electrons. The molecular weight excluding hydrogens is 400 g/mol. The summed E-state index contributed by atoms with van der Waals surface area (Å²) < 4.78 is 1.82. The summed E-state index contributed by atoms with van der Waals surface area (Å²) in [5.74, 6) is 1.25. The molecule has 0 aliphatic heterocycles. The van der Waals surface area contributed by atoms with Crippen LogP contribution in [0.3, 0.4) is 0 Å². The average Bonchev–Trinajstić information content (AvgIpc) is 2.68. The van der Waals surface area contributed by atoms with Gasteiger partial charge in [0.25, 0.3) is 5.56 Å². The van der Waals surface area contributed by atoms with Gasteiger partial charge in [-0.3, -0.25) is 9.36 Å². The molecule has 0 amide bonds. The normalized spacial score (nSPS) is 24.8. The van der Waals surface area contributed by atoms with Crippen molar-refractivity contribution in [2.75, 3.05) is 11.9 Å². The van der Waals surface area contributed by atoms with Crippen LogP contribution in [0.15, 0.2) is 29.2 Å². The number of nitrogens with one attached hydrogen (secondary N) is 1. The fourth-order valence-corrected chi connectivity index (χ4v) is 4.91. The van der Waals surface area contributed by atoms with Gasteiger partial charge in [0.15, 0.2) is 0 Å². The maximum Gasteiger partial charge on any atom is 0.260 e. The van der Waals surface area contributed by atoms with Crippen molar-refractivity contribution in [3.63, 3.8) is 0 Å². The minimum Gasteiger partial charge on any atom is -0.390 e. The zero-order chi connectivity index (χ0) is 20.9. The molecule has 1 aromatic carbocycles. The van der Waals surface area contributed by atoms with Crippen LogP contribution in [0.5, 0.6) is 0 Å². The van der Waals surface area contributed by atoms with Gasteiger partial charge in [0, 0.05) is 34.6 Å². The summed E-state index contributed by atoms with van der Waals surface area (Å²) in [6.45, 7) is 2.74. The van der Waals surface area contributed by atoms with E-state index >= 15 is 0 Å². The third-order valence-corrected chi connectivity index (χ3v) is 7.12. The van der Waals surface area contributed by atoms with Gasteiger partial charge in [-0.2, -0.15) is 4.98 Å². The van der Waals surface area contributed by atoms with Crippen LogP contribution < -0.4 is 10.9 Å². The SMILES string of the molecule is CC1(O)CCC(n2c(=O)c3cc(Cl)ccc3c3cnc(NCC4CCC4)nc32)CC1. The lowest BCUT2D eigenvalue weighted by Crippen LogP contribution is -2.35. The number of halogens is 1. The largest absolute Gasteiger partial charge is 0.390 e. The van der Waals surface area contributed by atoms with E-state index in [-0.39, 0.29) is 11.6 Å². The third-order valence-electron chi connectivity index (χ3n) is 6.89. The molecule has 2 aliphatic carbocycles. The van der Waals surface area contributed by atoms with Crippen molar-refractivity contribution < 1.29 is 5.11 Å². The topological polar surface area (TPSA) is 80.0 Å². The summed E-state index contributed by atoms with van der Waals surface area (Å²) in [7, 11) is 0. The van der Waals surface area contributed by atoms with Crippen molar-refractivity contribution in [2.45, 2.75) is 63.5 Å². The zero-order valence-electron chi connectivity index (χ0n) is 17.2. The quantitative estimate of drug-likeness (QED) is 0.592. The van der Waals surface area contributed by atoms with Gasteiger partial charge in [0.1, 0.15) is 5.65 Å². The number of nitrogens with zero attached hydrogens (tertiary/aromatic N) is 3. The van der Waals surface area contributed by atoms with Gasteiger partial charge in [-0.25, -0.2) is 4.98 Å². The lowest BCUT2D eigenvalue weighted by molar-refractivity contribution is 0.0100. The molecule has 6 nitrogen and oxygen atoms in total. The van der Waals surface area contributed by atoms with E-state index in [4.69, 9.17) is 16.6 Å². The van der Waals surface area contributed by atoms with E-state index in [9.17, 15) is 9.90 Å². The molecule has 0 unspecified atom stereocenters. The Kier molecular flexibility index (Phi) is 4.94. The first-order valence-electron chi connectivity index (χ1n) is 10.9. The molecule has 158 valence electrons. The number of fused-ring (bicyclic) bond motifs is 3. The average molecular weight is 427 g/mol. The fourth-order valence-electron chi connectivity index (χ4n) is 4.74. The van der Waals surface area contributed by atoms with Crippen LogP contribution in [-0.2, 0) is 0 Å². The molecule has 0 spiro atoms. The van der Waals surface area contributed by atoms with Crippen LogP contribution in [0.25, 0.3) is 21.8 Å². The summed E-state index contributed by atoms with van der Waals surface area (Å²) in [5, 5.41) is 16.5. The molecule has 30 heavy (non-hydrogen) atoms. The van der Waals surface area contributed by atoms with Gasteiger partial charge in [0.2, 0.25) is 5.95 Å². The van der Waals surface area contributed by atoms with E-state index < -0.39 is 5.60 Å². The van der Waals surface area contributed by atoms with E-state index in [0.717, 1.165) is 30.2 Å². The van der Waals surface area contributed by atoms with Crippen LogP contribution in [0.2, 0.25) is 5.02 Å². The van der Waals surface area contributed by atoms with E-state index in [0.29, 0.717) is 40.8 Å². The molecule has 2 fully saturated rings. The number of aromatic nitrogens is 3. The first-order valence-corrected chi connectivity index (χ1v) is 11.3. The Bertz CT molecular complexity index is 1160. The molecule has 2 heterocycles. The van der Waals surface area contributed by atoms with Crippen LogP contribution in [0, 0.1) is 5.92 Å². The molecule has 3 aromatic rings. The highest BCUT2D eigenvalue weighted by Gasteiger charge is 2.31. The monoisotopic (exact) mass is 426 g/mol. The first kappa shape index (κ1) is 19.8. The van der Waals surface area contributed by atoms with Gasteiger partial charge in [0.05, 0.1) is 5.60 Å². The van der Waals surface area contributed by atoms with Crippen molar-refractivity contribution in [1.29, 1.82) is 0 Å². The Hall–Kier alpha value is -2.18. The highest BCUT2D eigenvalue weighted by atomic mass is 35.5. The van der Waals surface area contributed by atoms with Crippen molar-refractivity contribution >= 4 is 39.4 Å². The Morgan fingerprint density at radius 2 is 1.97 bits per heavy atom. The summed E-state index contributed by atoms with van der Waals surface area (Å²) >= 11 is 6.21. The molecule has 2 saturated carbocycles. The summed E-state index contributed by atoms with van der Waals surface area (Å²) in [5.41, 5.74) is -0.0803. The second-order valence-electron chi connectivity index (χ2n) is 9.20. The molecule has 2 N–H and O–H groups in total. The summed E-state index contributed by atoms with van der Waals surface area (Å²) in [6.07, 6.45) is 8.42. The number of hydrogen-bond acceptors (Lipinski definition) is 5. The van der Waals surface area contributed by atoms with Crippen molar-refractivity contribution in [2.24, 2.45) is 5.92 Å². The van der Waals surface area contributed by atoms with Crippen LogP contribution >= 0.6 is 11.6 Å². The lowest BCUT2D eigenvalue weighted by Gasteiger charge is -2.34. The Balaban J connectivity index is 1.64. The minimum absolute atomic E-state index is 0.00186. The smallest absolute Gasteiger partial charge is 0.260 e. The number of anilines is 1. The number of aliphatic hydroxyl groups is 1. The second kappa shape index (κ2) is 7.50. The Morgan fingerprint density at radius 1 is 1.20 bits per heavy atom. The standard InChI is InChI=1S/C23H27ClN4O2/c1-23(30)9-7-16(8-10-23)28-20-19(17-6-5-15(24)11-18(17)21(28)29)13-26-22(27-20)25-12-14-3-2-4-14/h5-6,11,13-14,16,30H,2-4,7-10,12H2,1H3,(H,25,26,27). The number of benzene rings is 1. The van der Waals surface area contributed by atoms with Crippen molar-refractivity contribution in [1.82, 2.24) is 14.5 Å². The van der Waals surface area contributed by atoms with E-state index in [1.54, 1.807) is 12.1 Å². The molecule has 2 aliphatic rings. The molecular formula is C23H27ClN4O2. The van der Waals surface area contributed by atoms with Gasteiger partial charge >= 0.3 is 0 Å². The van der Waals surface area contributed by atoms with E-state index in [1.807, 2.05) is 23.8 Å². The second-order valence-corrected chi connectivity index (χ2v) is 9.64. The van der Waals surface area contributed by atoms with Crippen LogP contribution in [-0.4, -0.2) is 31.8 Å². The zero-order valence-corrected chi connectivity index (χ0v) is 18.0. The predicted molar refractivity (Wildman–Crippen MR) is 120 cm³/mol. The third kappa shape index (κ3) is 3.56. The molecule has 5 rings (SSSR count). The molecule has 2 aromatic heterocycles. The fraction of sp³-hybridized carbons (Fsp3) is 0.522. The van der Waals surface area contributed by atoms with Gasteiger partial charge in [-0.05, 0) is 68.9 Å². The summed E-state index contributed by atoms with van der Waals surface area (Å²) in [4.78, 5) is 22.9. The number of rotatable bonds is 4. The minimum atomic E-state index is -0.666. The van der Waals surface area contributed by atoms with Crippen LogP contribution in [0.1, 0.15) is 57.9 Å². The van der Waals surface area contributed by atoms with Crippen LogP contribution in [0.4, 0.5) is 5.95 Å².